The fourth-order valence-corrected chi connectivity index (χ4v) is 3.21. The lowest BCUT2D eigenvalue weighted by Crippen LogP contribution is -2.28. The first-order valence-corrected chi connectivity index (χ1v) is 8.42. The van der Waals surface area contributed by atoms with Crippen molar-refractivity contribution in [1.29, 1.82) is 0 Å². The van der Waals surface area contributed by atoms with Crippen molar-refractivity contribution in [2.75, 3.05) is 12.3 Å². The highest BCUT2D eigenvalue weighted by atomic mass is 32.2. The van der Waals surface area contributed by atoms with Crippen molar-refractivity contribution in [2.24, 2.45) is 5.92 Å². The van der Waals surface area contributed by atoms with Crippen molar-refractivity contribution < 1.29 is 13.5 Å². The topological polar surface area (TPSA) is 66.4 Å². The maximum Gasteiger partial charge on any atom is 0.211 e. The van der Waals surface area contributed by atoms with E-state index in [-0.39, 0.29) is 12.3 Å². The van der Waals surface area contributed by atoms with E-state index in [1.165, 1.54) is 12.8 Å². The Labute approximate surface area is 114 Å². The van der Waals surface area contributed by atoms with Gasteiger partial charge in [0.2, 0.25) is 10.0 Å². The van der Waals surface area contributed by atoms with Gasteiger partial charge in [0.1, 0.15) is 0 Å². The summed E-state index contributed by atoms with van der Waals surface area (Å²) < 4.78 is 25.9. The van der Waals surface area contributed by atoms with Crippen LogP contribution in [0.4, 0.5) is 0 Å². The fourth-order valence-electron chi connectivity index (χ4n) is 1.99. The van der Waals surface area contributed by atoms with Gasteiger partial charge in [-0.15, -0.1) is 0 Å². The third-order valence-corrected chi connectivity index (χ3v) is 4.83. The van der Waals surface area contributed by atoms with Gasteiger partial charge in [-0.2, -0.15) is 0 Å². The van der Waals surface area contributed by atoms with Gasteiger partial charge in [0.25, 0.3) is 0 Å². The van der Waals surface area contributed by atoms with Crippen LogP contribution in [0.2, 0.25) is 0 Å². The third-order valence-electron chi connectivity index (χ3n) is 3.42. The number of sulfonamides is 1. The summed E-state index contributed by atoms with van der Waals surface area (Å²) in [6, 6.07) is 9.28. The van der Waals surface area contributed by atoms with E-state index in [0.29, 0.717) is 12.3 Å². The fraction of sp³-hybridized carbons (Fsp3) is 0.571. The molecular weight excluding hydrogens is 262 g/mol. The summed E-state index contributed by atoms with van der Waals surface area (Å²) in [5.41, 5.74) is 0.819. The van der Waals surface area contributed by atoms with E-state index >= 15 is 0 Å². The molecule has 0 heterocycles. The van der Waals surface area contributed by atoms with Gasteiger partial charge >= 0.3 is 0 Å². The monoisotopic (exact) mass is 283 g/mol. The number of rotatable bonds is 8. The minimum atomic E-state index is -3.18. The summed E-state index contributed by atoms with van der Waals surface area (Å²) in [6.45, 7) is 0.281. The molecule has 1 fully saturated rings. The number of nitrogens with one attached hydrogen (secondary N) is 1. The van der Waals surface area contributed by atoms with E-state index in [4.69, 9.17) is 0 Å². The van der Waals surface area contributed by atoms with Crippen LogP contribution in [0.15, 0.2) is 30.3 Å². The van der Waals surface area contributed by atoms with Crippen LogP contribution in [0, 0.1) is 5.92 Å². The summed E-state index contributed by atoms with van der Waals surface area (Å²) >= 11 is 0. The molecule has 1 aliphatic rings. The highest BCUT2D eigenvalue weighted by Gasteiger charge is 2.23. The molecule has 1 aromatic rings. The van der Waals surface area contributed by atoms with Crippen LogP contribution in [-0.4, -0.2) is 25.8 Å². The Morgan fingerprint density at radius 1 is 1.26 bits per heavy atom. The normalized spacial score (nSPS) is 17.3. The second kappa shape index (κ2) is 6.50. The zero-order valence-corrected chi connectivity index (χ0v) is 11.8. The third kappa shape index (κ3) is 5.30. The van der Waals surface area contributed by atoms with Crippen molar-refractivity contribution in [3.8, 4) is 0 Å². The van der Waals surface area contributed by atoms with Crippen molar-refractivity contribution >= 4 is 10.0 Å². The molecule has 5 heteroatoms. The van der Waals surface area contributed by atoms with Crippen LogP contribution >= 0.6 is 0 Å². The van der Waals surface area contributed by atoms with Crippen molar-refractivity contribution in [2.45, 2.75) is 31.8 Å². The van der Waals surface area contributed by atoms with Crippen LogP contribution in [0.5, 0.6) is 0 Å². The lowest BCUT2D eigenvalue weighted by atomic mass is 10.1. The van der Waals surface area contributed by atoms with E-state index in [0.717, 1.165) is 12.0 Å². The van der Waals surface area contributed by atoms with Gasteiger partial charge in [-0.25, -0.2) is 13.1 Å². The molecule has 0 radical (unpaired) electrons. The molecule has 4 nitrogen and oxygen atoms in total. The lowest BCUT2D eigenvalue weighted by molar-refractivity contribution is 0.169. The van der Waals surface area contributed by atoms with E-state index in [1.54, 1.807) is 0 Å². The predicted octanol–water partition coefficient (Wildman–Crippen LogP) is 1.83. The van der Waals surface area contributed by atoms with E-state index < -0.39 is 16.1 Å². The molecule has 0 spiro atoms. The van der Waals surface area contributed by atoms with Crippen LogP contribution < -0.4 is 4.72 Å². The van der Waals surface area contributed by atoms with Crippen LogP contribution in [-0.2, 0) is 10.0 Å². The highest BCUT2D eigenvalue weighted by molar-refractivity contribution is 7.89. The molecule has 0 aliphatic heterocycles. The zero-order chi connectivity index (χ0) is 13.7. The highest BCUT2D eigenvalue weighted by Crippen LogP contribution is 2.32. The van der Waals surface area contributed by atoms with Crippen LogP contribution in [0.25, 0.3) is 0 Å². The molecule has 1 unspecified atom stereocenters. The first-order valence-electron chi connectivity index (χ1n) is 6.77. The summed E-state index contributed by atoms with van der Waals surface area (Å²) in [5.74, 6) is 0.825. The summed E-state index contributed by atoms with van der Waals surface area (Å²) in [4.78, 5) is 0. The standard InChI is InChI=1S/C14H21NO3S/c16-14(13-4-2-1-3-5-13)8-10-15-19(17,18)11-9-12-6-7-12/h1-5,12,14-16H,6-11H2. The number of aliphatic hydroxyl groups excluding tert-OH is 1. The second-order valence-electron chi connectivity index (χ2n) is 5.16. The lowest BCUT2D eigenvalue weighted by Gasteiger charge is -2.11. The Balaban J connectivity index is 1.70. The van der Waals surface area contributed by atoms with Gasteiger partial charge in [-0.3, -0.25) is 0 Å². The molecular formula is C14H21NO3S. The first-order chi connectivity index (χ1) is 9.07. The Kier molecular flexibility index (Phi) is 4.96. The van der Waals surface area contributed by atoms with Gasteiger partial charge in [0.15, 0.2) is 0 Å². The van der Waals surface area contributed by atoms with Gasteiger partial charge in [0, 0.05) is 6.54 Å². The smallest absolute Gasteiger partial charge is 0.211 e. The maximum atomic E-state index is 11.7. The van der Waals surface area contributed by atoms with E-state index in [9.17, 15) is 13.5 Å². The van der Waals surface area contributed by atoms with Gasteiger partial charge in [0.05, 0.1) is 11.9 Å². The quantitative estimate of drug-likeness (QED) is 0.765. The molecule has 106 valence electrons. The largest absolute Gasteiger partial charge is 0.388 e. The number of benzene rings is 1. The Morgan fingerprint density at radius 2 is 1.95 bits per heavy atom. The van der Waals surface area contributed by atoms with E-state index in [1.807, 2.05) is 30.3 Å². The molecule has 0 aromatic heterocycles. The Morgan fingerprint density at radius 3 is 2.58 bits per heavy atom. The first kappa shape index (κ1) is 14.5. The molecule has 0 bridgehead atoms. The summed E-state index contributed by atoms with van der Waals surface area (Å²) in [7, 11) is -3.18. The predicted molar refractivity (Wildman–Crippen MR) is 75.1 cm³/mol. The van der Waals surface area contributed by atoms with Crippen molar-refractivity contribution in [3.05, 3.63) is 35.9 Å². The van der Waals surface area contributed by atoms with Gasteiger partial charge in [-0.1, -0.05) is 43.2 Å². The molecule has 0 saturated heterocycles. The minimum absolute atomic E-state index is 0.207. The van der Waals surface area contributed by atoms with Gasteiger partial charge < -0.3 is 5.11 Å². The Bertz CT molecular complexity index is 483. The molecule has 1 aliphatic carbocycles. The average molecular weight is 283 g/mol. The van der Waals surface area contributed by atoms with Crippen LogP contribution in [0.3, 0.4) is 0 Å². The molecule has 0 amide bonds. The van der Waals surface area contributed by atoms with Crippen LogP contribution in [0.1, 0.15) is 37.4 Å². The average Bonchev–Trinajstić information content (AvgIpc) is 3.21. The molecule has 1 aromatic carbocycles. The zero-order valence-electron chi connectivity index (χ0n) is 11.0. The summed E-state index contributed by atoms with van der Waals surface area (Å²) in [5, 5.41) is 9.91. The number of aliphatic hydroxyl groups is 1. The Hall–Kier alpha value is -0.910. The van der Waals surface area contributed by atoms with E-state index in [2.05, 4.69) is 4.72 Å². The SMILES string of the molecule is O=S(=O)(CCC1CC1)NCCC(O)c1ccccc1. The maximum absolute atomic E-state index is 11.7. The minimum Gasteiger partial charge on any atom is -0.388 e. The second-order valence-corrected chi connectivity index (χ2v) is 7.09. The summed E-state index contributed by atoms with van der Waals surface area (Å²) in [6.07, 6.45) is 2.88. The number of hydrogen-bond acceptors (Lipinski definition) is 3. The van der Waals surface area contributed by atoms with Crippen molar-refractivity contribution in [3.63, 3.8) is 0 Å². The molecule has 1 atom stereocenters. The molecule has 2 N–H and O–H groups in total. The number of hydrogen-bond donors (Lipinski definition) is 2. The molecule has 1 saturated carbocycles. The molecule has 19 heavy (non-hydrogen) atoms. The van der Waals surface area contributed by atoms with Gasteiger partial charge in [-0.05, 0) is 24.3 Å². The molecule has 2 rings (SSSR count). The van der Waals surface area contributed by atoms with Crippen molar-refractivity contribution in [1.82, 2.24) is 4.72 Å².